The van der Waals surface area contributed by atoms with Gasteiger partial charge in [0, 0.05) is 0 Å². The first-order chi connectivity index (χ1) is 19.7. The Hall–Kier alpha value is -3.00. The van der Waals surface area contributed by atoms with Crippen LogP contribution in [0.3, 0.4) is 0 Å². The predicted molar refractivity (Wildman–Crippen MR) is 191 cm³/mol. The number of hydrogen-bond donors (Lipinski definition) is 0. The fourth-order valence-electron chi connectivity index (χ4n) is 4.85. The molecule has 43 heavy (non-hydrogen) atoms. The number of aryl methyl sites for hydroxylation is 2. The quantitative estimate of drug-likeness (QED) is 0.125. The van der Waals surface area contributed by atoms with Gasteiger partial charge in [0.2, 0.25) is 0 Å². The van der Waals surface area contributed by atoms with Crippen LogP contribution >= 0.6 is 24.8 Å². The second kappa shape index (κ2) is 20.0. The molecule has 0 spiro atoms. The van der Waals surface area contributed by atoms with Gasteiger partial charge in [0.25, 0.3) is 0 Å². The average Bonchev–Trinajstić information content (AvgIpc) is 3.61. The van der Waals surface area contributed by atoms with Crippen LogP contribution in [-0.4, -0.2) is 6.88 Å². The molecule has 0 heterocycles. The molecule has 218 valence electrons. The van der Waals surface area contributed by atoms with Gasteiger partial charge in [0.05, 0.1) is 0 Å². The summed E-state index contributed by atoms with van der Waals surface area (Å²) < 4.78 is 0. The molecule has 0 N–H and O–H groups in total. The summed E-state index contributed by atoms with van der Waals surface area (Å²) in [6, 6.07) is 55.6. The van der Waals surface area contributed by atoms with Crippen molar-refractivity contribution in [2.24, 2.45) is 0 Å². The molecule has 0 saturated heterocycles. The Morgan fingerprint density at radius 3 is 1.21 bits per heavy atom. The Morgan fingerprint density at radius 2 is 0.884 bits per heavy atom. The molecular weight excluding hydrogens is 659 g/mol. The topological polar surface area (TPSA) is 0 Å². The molecule has 0 amide bonds. The third kappa shape index (κ3) is 10.6. The molecule has 0 nitrogen and oxygen atoms in total. The fraction of sp³-hybridized carbons (Fsp3) is 0.0513. The summed E-state index contributed by atoms with van der Waals surface area (Å²) >= 11 is 1.36. The van der Waals surface area contributed by atoms with Crippen molar-refractivity contribution in [3.8, 4) is 22.3 Å². The second-order valence-corrected chi connectivity index (χ2v) is 9.49. The zero-order valence-corrected chi connectivity index (χ0v) is 29.8. The van der Waals surface area contributed by atoms with E-state index in [2.05, 4.69) is 148 Å². The van der Waals surface area contributed by atoms with Gasteiger partial charge in [-0.25, -0.2) is 0 Å². The smallest absolute Gasteiger partial charge is 0.171 e. The molecule has 0 atom stereocenters. The molecule has 0 unspecified atom stereocenters. The van der Waals surface area contributed by atoms with Gasteiger partial charge in [-0.05, 0) is 11.1 Å². The summed E-state index contributed by atoms with van der Waals surface area (Å²) in [5, 5.41) is 5.37. The van der Waals surface area contributed by atoms with Crippen LogP contribution in [-0.2, 0) is 23.3 Å². The van der Waals surface area contributed by atoms with E-state index in [0.717, 1.165) is 0 Å². The van der Waals surface area contributed by atoms with E-state index < -0.39 is 0 Å². The van der Waals surface area contributed by atoms with Crippen molar-refractivity contribution in [3.63, 3.8) is 0 Å². The number of halogens is 2. The molecule has 0 fully saturated rings. The maximum absolute atomic E-state index is 3.06. The van der Waals surface area contributed by atoms with Gasteiger partial charge < -0.3 is 7.43 Å². The average molecular weight is 695 g/mol. The maximum Gasteiger partial charge on any atom is -0.171 e. The molecule has 7 rings (SSSR count). The summed E-state index contributed by atoms with van der Waals surface area (Å²) in [5.74, 6) is 0. The Labute approximate surface area is 286 Å². The molecule has 0 bridgehead atoms. The van der Waals surface area contributed by atoms with Gasteiger partial charge in [-0.3, -0.25) is 0 Å². The summed E-state index contributed by atoms with van der Waals surface area (Å²) in [5.41, 5.74) is 7.89. The molecule has 0 aliphatic carbocycles. The van der Waals surface area contributed by atoms with E-state index in [4.69, 9.17) is 0 Å². The SMILES string of the molecule is Cc1cc2c(-c3ccccc3)cccc2[cH-]1.Cc1cc2c(-c3ccccc3)cccc2[cH-]1.Cl.Cl.[CH3-].[Si]=[Zr].[c-]1ccccc1. The van der Waals surface area contributed by atoms with Crippen LogP contribution in [0.5, 0.6) is 0 Å². The second-order valence-electron chi connectivity index (χ2n) is 9.49. The van der Waals surface area contributed by atoms with Gasteiger partial charge in [-0.2, -0.15) is 48.5 Å². The van der Waals surface area contributed by atoms with Gasteiger partial charge in [-0.1, -0.05) is 97.8 Å². The zero-order chi connectivity index (χ0) is 28.2. The Morgan fingerprint density at radius 1 is 0.512 bits per heavy atom. The first-order valence-corrected chi connectivity index (χ1v) is 17.5. The molecular formula is C39H36Cl2SiZr-4. The van der Waals surface area contributed by atoms with Crippen molar-refractivity contribution in [1.82, 2.24) is 0 Å². The van der Waals surface area contributed by atoms with E-state index in [1.54, 1.807) is 0 Å². The standard InChI is InChI=1S/2C16H13.C6H5.CH3.2ClH.Si.Zr/c2*1-12-10-14-8-5-9-15(16(14)11-12)13-6-3-2-4-7-13;1-2-4-6-5-3-1;;;;;/h2*2-11H,1H3;1-5H;1H3;2*1H;;/q4*-1;;;;. The van der Waals surface area contributed by atoms with Crippen molar-refractivity contribution >= 4 is 53.2 Å². The third-order valence-electron chi connectivity index (χ3n) is 6.57. The van der Waals surface area contributed by atoms with Gasteiger partial charge in [-0.15, -0.1) is 93.9 Å². The first kappa shape index (κ1) is 38.0. The van der Waals surface area contributed by atoms with Crippen LogP contribution in [0.4, 0.5) is 0 Å². The van der Waals surface area contributed by atoms with Crippen molar-refractivity contribution in [2.45, 2.75) is 13.8 Å². The Bertz CT molecular complexity index is 1600. The molecule has 4 heteroatoms. The van der Waals surface area contributed by atoms with Crippen molar-refractivity contribution in [1.29, 1.82) is 0 Å². The minimum atomic E-state index is 0. The molecule has 0 aliphatic heterocycles. The molecule has 0 aliphatic rings. The van der Waals surface area contributed by atoms with Crippen LogP contribution in [0.1, 0.15) is 11.1 Å². The van der Waals surface area contributed by atoms with Crippen LogP contribution in [0.25, 0.3) is 43.8 Å². The van der Waals surface area contributed by atoms with E-state index in [9.17, 15) is 0 Å². The predicted octanol–water partition coefficient (Wildman–Crippen LogP) is 11.5. The van der Waals surface area contributed by atoms with Crippen molar-refractivity contribution < 1.29 is 23.3 Å². The van der Waals surface area contributed by atoms with E-state index >= 15 is 0 Å². The zero-order valence-electron chi connectivity index (χ0n) is 24.8. The number of rotatable bonds is 2. The molecule has 0 saturated carbocycles. The number of benzene rings is 5. The van der Waals surface area contributed by atoms with E-state index in [0.29, 0.717) is 0 Å². The molecule has 0 aromatic heterocycles. The molecule has 2 radical (unpaired) electrons. The van der Waals surface area contributed by atoms with E-state index in [1.165, 1.54) is 78.3 Å². The Kier molecular flexibility index (Phi) is 17.7. The number of hydrogen-bond acceptors (Lipinski definition) is 0. The first-order valence-electron chi connectivity index (χ1n) is 13.3. The summed E-state index contributed by atoms with van der Waals surface area (Å²) in [6.07, 6.45) is 0. The van der Waals surface area contributed by atoms with Gasteiger partial charge >= 0.3 is 30.2 Å². The molecule has 7 aromatic rings. The summed E-state index contributed by atoms with van der Waals surface area (Å²) in [7, 11) is 0. The minimum absolute atomic E-state index is 0. The number of fused-ring (bicyclic) bond motifs is 2. The van der Waals surface area contributed by atoms with Gasteiger partial charge in [0.15, 0.2) is 0 Å². The Balaban J connectivity index is 0.000000327. The van der Waals surface area contributed by atoms with Crippen LogP contribution in [0.15, 0.2) is 152 Å². The molecule has 7 aromatic carbocycles. The van der Waals surface area contributed by atoms with E-state index in [1.807, 2.05) is 30.3 Å². The summed E-state index contributed by atoms with van der Waals surface area (Å²) in [4.78, 5) is 0. The normalized spacial score (nSPS) is 9.23. The fourth-order valence-corrected chi connectivity index (χ4v) is 4.85. The largest absolute Gasteiger partial charge is 0.184 e. The monoisotopic (exact) mass is 692 g/mol. The van der Waals surface area contributed by atoms with Crippen molar-refractivity contribution in [3.05, 3.63) is 176 Å². The van der Waals surface area contributed by atoms with Crippen LogP contribution < -0.4 is 0 Å². The third-order valence-corrected chi connectivity index (χ3v) is 6.57. The van der Waals surface area contributed by atoms with Gasteiger partial charge in [0.1, 0.15) is 0 Å². The minimum Gasteiger partial charge on any atom is -0.184 e. The van der Waals surface area contributed by atoms with E-state index in [-0.39, 0.29) is 32.2 Å². The summed E-state index contributed by atoms with van der Waals surface area (Å²) in [6.45, 7) is 7.36. The van der Waals surface area contributed by atoms with Crippen molar-refractivity contribution in [2.75, 3.05) is 0 Å². The van der Waals surface area contributed by atoms with Crippen LogP contribution in [0, 0.1) is 27.3 Å². The van der Waals surface area contributed by atoms with Crippen LogP contribution in [0.2, 0.25) is 0 Å². The maximum atomic E-state index is 3.06.